The first-order valence-corrected chi connectivity index (χ1v) is 5.92. The van der Waals surface area contributed by atoms with Gasteiger partial charge in [-0.3, -0.25) is 0 Å². The summed E-state index contributed by atoms with van der Waals surface area (Å²) in [6.45, 7) is 8.70. The second-order valence-corrected chi connectivity index (χ2v) is 5.30. The molecule has 3 aliphatic carbocycles. The summed E-state index contributed by atoms with van der Waals surface area (Å²) in [5.74, 6) is 2.55. The van der Waals surface area contributed by atoms with Crippen LogP contribution in [0, 0.1) is 23.2 Å². The summed E-state index contributed by atoms with van der Waals surface area (Å²) in [5, 5.41) is 0. The van der Waals surface area contributed by atoms with Crippen molar-refractivity contribution < 1.29 is 4.74 Å². The van der Waals surface area contributed by atoms with E-state index < -0.39 is 0 Å². The zero-order valence-electron chi connectivity index (χ0n) is 9.62. The molecule has 1 nitrogen and oxygen atoms in total. The Morgan fingerprint density at radius 1 is 1.36 bits per heavy atom. The summed E-state index contributed by atoms with van der Waals surface area (Å²) in [7, 11) is 0. The molecule has 0 heterocycles. The van der Waals surface area contributed by atoms with E-state index in [9.17, 15) is 0 Å². The Morgan fingerprint density at radius 2 is 2.14 bits per heavy atom. The van der Waals surface area contributed by atoms with Crippen LogP contribution in [0.4, 0.5) is 0 Å². The van der Waals surface area contributed by atoms with E-state index in [0.717, 1.165) is 31.0 Å². The van der Waals surface area contributed by atoms with Crippen LogP contribution >= 0.6 is 0 Å². The molecule has 0 radical (unpaired) electrons. The summed E-state index contributed by atoms with van der Waals surface area (Å²) < 4.78 is 5.44. The van der Waals surface area contributed by atoms with Crippen molar-refractivity contribution in [2.45, 2.75) is 33.6 Å². The van der Waals surface area contributed by atoms with Crippen LogP contribution < -0.4 is 0 Å². The normalized spacial score (nSPS) is 38.1. The third-order valence-electron chi connectivity index (χ3n) is 4.33. The standard InChI is InChI=1S/C13H22O/c1-4-14-8-7-10-5-6-11-9-12(10)13(11,2)3/h5-6,10-12H,4,7-9H2,1-3H3. The smallest absolute Gasteiger partial charge is 0.0471 e. The van der Waals surface area contributed by atoms with Crippen LogP contribution in [0.15, 0.2) is 12.2 Å². The van der Waals surface area contributed by atoms with Crippen molar-refractivity contribution >= 4 is 0 Å². The van der Waals surface area contributed by atoms with Gasteiger partial charge >= 0.3 is 0 Å². The molecule has 0 spiro atoms. The highest BCUT2D eigenvalue weighted by Crippen LogP contribution is 2.59. The molecule has 1 fully saturated rings. The number of ether oxygens (including phenoxy) is 1. The van der Waals surface area contributed by atoms with Gasteiger partial charge in [-0.25, -0.2) is 0 Å². The molecular weight excluding hydrogens is 172 g/mol. The Balaban J connectivity index is 1.89. The maximum absolute atomic E-state index is 5.44. The highest BCUT2D eigenvalue weighted by atomic mass is 16.5. The van der Waals surface area contributed by atoms with E-state index in [1.165, 1.54) is 12.8 Å². The number of rotatable bonds is 4. The number of allylic oxidation sites excluding steroid dienone is 2. The van der Waals surface area contributed by atoms with Gasteiger partial charge in [-0.1, -0.05) is 26.0 Å². The fourth-order valence-corrected chi connectivity index (χ4v) is 3.12. The molecule has 80 valence electrons. The molecule has 1 saturated carbocycles. The largest absolute Gasteiger partial charge is 0.382 e. The Hall–Kier alpha value is -0.300. The summed E-state index contributed by atoms with van der Waals surface area (Å²) in [5.41, 5.74) is 0.561. The lowest BCUT2D eigenvalue weighted by molar-refractivity contribution is -0.0391. The van der Waals surface area contributed by atoms with Crippen LogP contribution in [0.3, 0.4) is 0 Å². The molecule has 0 saturated heterocycles. The van der Waals surface area contributed by atoms with Gasteiger partial charge in [0.05, 0.1) is 0 Å². The van der Waals surface area contributed by atoms with Gasteiger partial charge in [0.25, 0.3) is 0 Å². The summed E-state index contributed by atoms with van der Waals surface area (Å²) in [4.78, 5) is 0. The van der Waals surface area contributed by atoms with Gasteiger partial charge in [0.15, 0.2) is 0 Å². The predicted molar refractivity (Wildman–Crippen MR) is 59.1 cm³/mol. The molecule has 3 rings (SSSR count). The van der Waals surface area contributed by atoms with Gasteiger partial charge in [0.1, 0.15) is 0 Å². The second-order valence-electron chi connectivity index (χ2n) is 5.30. The molecule has 0 aromatic heterocycles. The third-order valence-corrected chi connectivity index (χ3v) is 4.33. The van der Waals surface area contributed by atoms with Crippen LogP contribution in [0.2, 0.25) is 0 Å². The molecule has 0 N–H and O–H groups in total. The molecule has 3 atom stereocenters. The zero-order valence-corrected chi connectivity index (χ0v) is 9.62. The average molecular weight is 194 g/mol. The summed E-state index contributed by atoms with van der Waals surface area (Å²) in [6.07, 6.45) is 7.51. The molecule has 0 aliphatic heterocycles. The van der Waals surface area contributed by atoms with E-state index in [0.29, 0.717) is 5.41 Å². The van der Waals surface area contributed by atoms with Crippen LogP contribution in [0.25, 0.3) is 0 Å². The third kappa shape index (κ3) is 1.52. The van der Waals surface area contributed by atoms with Crippen LogP contribution in [0.1, 0.15) is 33.6 Å². The predicted octanol–water partition coefficient (Wildman–Crippen LogP) is 3.26. The van der Waals surface area contributed by atoms with Crippen LogP contribution in [-0.4, -0.2) is 13.2 Å². The monoisotopic (exact) mass is 194 g/mol. The fourth-order valence-electron chi connectivity index (χ4n) is 3.12. The minimum absolute atomic E-state index is 0.561. The Bertz CT molecular complexity index is 229. The SMILES string of the molecule is CCOCCC1C=CC2CC1C2(C)C. The lowest BCUT2D eigenvalue weighted by atomic mass is 9.48. The summed E-state index contributed by atoms with van der Waals surface area (Å²) >= 11 is 0. The molecule has 3 aliphatic rings. The van der Waals surface area contributed by atoms with Crippen molar-refractivity contribution in [3.8, 4) is 0 Å². The number of hydrogen-bond donors (Lipinski definition) is 0. The maximum atomic E-state index is 5.44. The first-order chi connectivity index (χ1) is 6.66. The van der Waals surface area contributed by atoms with E-state index in [4.69, 9.17) is 4.74 Å². The maximum Gasteiger partial charge on any atom is 0.0471 e. The zero-order chi connectivity index (χ0) is 10.2. The number of fused-ring (bicyclic) bond motifs is 1. The first kappa shape index (κ1) is 10.2. The van der Waals surface area contributed by atoms with Crippen molar-refractivity contribution in [3.63, 3.8) is 0 Å². The van der Waals surface area contributed by atoms with Crippen LogP contribution in [0.5, 0.6) is 0 Å². The molecule has 2 bridgehead atoms. The van der Waals surface area contributed by atoms with E-state index in [2.05, 4.69) is 32.9 Å². The molecule has 1 heteroatoms. The molecular formula is C13H22O. The van der Waals surface area contributed by atoms with Crippen molar-refractivity contribution in [1.82, 2.24) is 0 Å². The van der Waals surface area contributed by atoms with Crippen molar-refractivity contribution in [2.75, 3.05) is 13.2 Å². The quantitative estimate of drug-likeness (QED) is 0.493. The van der Waals surface area contributed by atoms with E-state index in [1.54, 1.807) is 0 Å². The van der Waals surface area contributed by atoms with Gasteiger partial charge in [-0.2, -0.15) is 0 Å². The molecule has 0 amide bonds. The van der Waals surface area contributed by atoms with Crippen molar-refractivity contribution in [3.05, 3.63) is 12.2 Å². The highest BCUT2D eigenvalue weighted by molar-refractivity contribution is 5.16. The van der Waals surface area contributed by atoms with Gasteiger partial charge in [-0.15, -0.1) is 0 Å². The van der Waals surface area contributed by atoms with Crippen molar-refractivity contribution in [2.24, 2.45) is 23.2 Å². The van der Waals surface area contributed by atoms with Gasteiger partial charge < -0.3 is 4.74 Å². The van der Waals surface area contributed by atoms with E-state index in [1.807, 2.05) is 0 Å². The molecule has 14 heavy (non-hydrogen) atoms. The van der Waals surface area contributed by atoms with Gasteiger partial charge in [0, 0.05) is 13.2 Å². The summed E-state index contributed by atoms with van der Waals surface area (Å²) in [6, 6.07) is 0. The first-order valence-electron chi connectivity index (χ1n) is 5.92. The Kier molecular flexibility index (Phi) is 2.70. The highest BCUT2D eigenvalue weighted by Gasteiger charge is 2.51. The minimum atomic E-state index is 0.561. The Labute approximate surface area is 87.5 Å². The lowest BCUT2D eigenvalue weighted by Crippen LogP contribution is -2.50. The van der Waals surface area contributed by atoms with E-state index in [-0.39, 0.29) is 0 Å². The fraction of sp³-hybridized carbons (Fsp3) is 0.846. The number of hydrogen-bond acceptors (Lipinski definition) is 1. The second kappa shape index (κ2) is 3.69. The molecule has 3 unspecified atom stereocenters. The van der Waals surface area contributed by atoms with Crippen LogP contribution in [-0.2, 0) is 4.74 Å². The van der Waals surface area contributed by atoms with Crippen molar-refractivity contribution in [1.29, 1.82) is 0 Å². The minimum Gasteiger partial charge on any atom is -0.382 e. The van der Waals surface area contributed by atoms with E-state index >= 15 is 0 Å². The average Bonchev–Trinajstić information content (AvgIpc) is 2.18. The van der Waals surface area contributed by atoms with Gasteiger partial charge in [0.2, 0.25) is 0 Å². The lowest BCUT2D eigenvalue weighted by Gasteiger charge is -2.57. The molecule has 0 aromatic carbocycles. The molecule has 0 aromatic rings. The topological polar surface area (TPSA) is 9.23 Å². The Morgan fingerprint density at radius 3 is 2.71 bits per heavy atom. The van der Waals surface area contributed by atoms with Gasteiger partial charge in [-0.05, 0) is 42.9 Å².